The van der Waals surface area contributed by atoms with Gasteiger partial charge in [-0.15, -0.1) is 22.7 Å². The van der Waals surface area contributed by atoms with Crippen molar-refractivity contribution in [2.24, 2.45) is 0 Å². The average Bonchev–Trinajstić information content (AvgIpc) is 3.45. The lowest BCUT2D eigenvalue weighted by atomic mass is 10.2. The van der Waals surface area contributed by atoms with E-state index in [9.17, 15) is 4.79 Å². The third-order valence-electron chi connectivity index (χ3n) is 4.59. The maximum absolute atomic E-state index is 12.8. The van der Waals surface area contributed by atoms with Gasteiger partial charge in [0.25, 0.3) is 5.56 Å². The van der Waals surface area contributed by atoms with Crippen LogP contribution in [0.1, 0.15) is 18.0 Å². The highest BCUT2D eigenvalue weighted by Crippen LogP contribution is 2.36. The van der Waals surface area contributed by atoms with Crippen molar-refractivity contribution in [2.75, 3.05) is 7.11 Å². The number of nitrogens with zero attached hydrogens (tertiary/aromatic N) is 2. The van der Waals surface area contributed by atoms with Crippen LogP contribution in [0.2, 0.25) is 0 Å². The molecule has 0 aliphatic rings. The molecule has 0 fully saturated rings. The third kappa shape index (κ3) is 3.35. The van der Waals surface area contributed by atoms with E-state index in [0.29, 0.717) is 11.2 Å². The molecule has 1 atom stereocenters. The number of benzene rings is 1. The molecule has 5 rings (SSSR count). The van der Waals surface area contributed by atoms with Gasteiger partial charge in [-0.1, -0.05) is 17.8 Å². The molecule has 0 aliphatic heterocycles. The van der Waals surface area contributed by atoms with E-state index in [1.807, 2.05) is 48.0 Å². The zero-order valence-electron chi connectivity index (χ0n) is 15.6. The molecule has 29 heavy (non-hydrogen) atoms. The number of imidazole rings is 1. The molecule has 0 aliphatic carbocycles. The summed E-state index contributed by atoms with van der Waals surface area (Å²) >= 11 is 4.65. The Morgan fingerprint density at radius 2 is 2.07 bits per heavy atom. The van der Waals surface area contributed by atoms with E-state index >= 15 is 0 Å². The second-order valence-electron chi connectivity index (χ2n) is 6.44. The van der Waals surface area contributed by atoms with E-state index < -0.39 is 0 Å². The fourth-order valence-corrected chi connectivity index (χ4v) is 5.79. The number of rotatable bonds is 5. The molecule has 0 spiro atoms. The standard InChI is InChI=1S/C20H16N4O2S3/c1-10(29-20-21-13-6-5-11(26-2)8-14(13)22-20)17-23-18(25)16-12(9-28-19(16)24-17)15-4-3-7-27-15/h3-10H,1-2H3,(H,21,22)(H,23,24,25). The van der Waals surface area contributed by atoms with Crippen molar-refractivity contribution >= 4 is 55.7 Å². The van der Waals surface area contributed by atoms with Crippen LogP contribution in [-0.4, -0.2) is 27.0 Å². The maximum Gasteiger partial charge on any atom is 0.260 e. The molecular weight excluding hydrogens is 424 g/mol. The fourth-order valence-electron chi connectivity index (χ4n) is 3.14. The number of H-pyrrole nitrogens is 2. The summed E-state index contributed by atoms with van der Waals surface area (Å²) < 4.78 is 5.26. The Kier molecular flexibility index (Phi) is 4.65. The smallest absolute Gasteiger partial charge is 0.260 e. The number of aromatic amines is 2. The minimum atomic E-state index is -0.101. The van der Waals surface area contributed by atoms with E-state index in [-0.39, 0.29) is 10.8 Å². The number of thiophene rings is 2. The van der Waals surface area contributed by atoms with Gasteiger partial charge >= 0.3 is 0 Å². The van der Waals surface area contributed by atoms with Crippen LogP contribution in [0.4, 0.5) is 0 Å². The van der Waals surface area contributed by atoms with Gasteiger partial charge in [0.1, 0.15) is 16.4 Å². The first-order valence-electron chi connectivity index (χ1n) is 8.88. The number of hydrogen-bond donors (Lipinski definition) is 2. The molecule has 0 saturated carbocycles. The second kappa shape index (κ2) is 7.33. The van der Waals surface area contributed by atoms with Gasteiger partial charge < -0.3 is 14.7 Å². The van der Waals surface area contributed by atoms with Gasteiger partial charge in [0.15, 0.2) is 5.16 Å². The highest BCUT2D eigenvalue weighted by Gasteiger charge is 2.18. The molecule has 6 nitrogen and oxygen atoms in total. The largest absolute Gasteiger partial charge is 0.497 e. The van der Waals surface area contributed by atoms with Crippen LogP contribution in [0.25, 0.3) is 31.7 Å². The van der Waals surface area contributed by atoms with Gasteiger partial charge in [0.05, 0.1) is 28.8 Å². The van der Waals surface area contributed by atoms with Crippen LogP contribution in [-0.2, 0) is 0 Å². The Morgan fingerprint density at radius 1 is 1.17 bits per heavy atom. The van der Waals surface area contributed by atoms with Crippen LogP contribution in [0.5, 0.6) is 5.75 Å². The summed E-state index contributed by atoms with van der Waals surface area (Å²) in [5.74, 6) is 1.42. The number of methoxy groups -OCH3 is 1. The lowest BCUT2D eigenvalue weighted by molar-refractivity contribution is 0.415. The zero-order chi connectivity index (χ0) is 20.0. The van der Waals surface area contributed by atoms with Gasteiger partial charge in [-0.05, 0) is 30.5 Å². The van der Waals surface area contributed by atoms with E-state index in [1.54, 1.807) is 18.4 Å². The number of thioether (sulfide) groups is 1. The molecule has 0 amide bonds. The molecule has 0 saturated heterocycles. The monoisotopic (exact) mass is 440 g/mol. The fraction of sp³-hybridized carbons (Fsp3) is 0.150. The van der Waals surface area contributed by atoms with Crippen molar-refractivity contribution in [3.8, 4) is 16.2 Å². The molecule has 146 valence electrons. The normalized spacial score (nSPS) is 12.6. The molecule has 9 heteroatoms. The van der Waals surface area contributed by atoms with Gasteiger partial charge in [0.2, 0.25) is 0 Å². The molecular formula is C20H16N4O2S3. The highest BCUT2D eigenvalue weighted by atomic mass is 32.2. The van der Waals surface area contributed by atoms with Crippen molar-refractivity contribution in [3.05, 3.63) is 57.3 Å². The molecule has 1 aromatic carbocycles. The molecule has 4 aromatic heterocycles. The Morgan fingerprint density at radius 3 is 2.86 bits per heavy atom. The molecule has 2 N–H and O–H groups in total. The summed E-state index contributed by atoms with van der Waals surface area (Å²) in [5, 5.41) is 5.38. The quantitative estimate of drug-likeness (QED) is 0.355. The van der Waals surface area contributed by atoms with Crippen molar-refractivity contribution in [1.82, 2.24) is 19.9 Å². The van der Waals surface area contributed by atoms with Crippen LogP contribution >= 0.6 is 34.4 Å². The summed E-state index contributed by atoms with van der Waals surface area (Å²) in [6.45, 7) is 2.01. The van der Waals surface area contributed by atoms with Crippen molar-refractivity contribution in [1.29, 1.82) is 0 Å². The summed E-state index contributed by atoms with van der Waals surface area (Å²) in [5.41, 5.74) is 2.63. The summed E-state index contributed by atoms with van der Waals surface area (Å²) in [6, 6.07) is 9.73. The van der Waals surface area contributed by atoms with Crippen LogP contribution < -0.4 is 10.3 Å². The topological polar surface area (TPSA) is 83.7 Å². The minimum absolute atomic E-state index is 0.0677. The van der Waals surface area contributed by atoms with E-state index in [4.69, 9.17) is 9.72 Å². The Hall–Kier alpha value is -2.62. The first-order valence-corrected chi connectivity index (χ1v) is 11.5. The van der Waals surface area contributed by atoms with E-state index in [0.717, 1.165) is 37.2 Å². The Labute approximate surface area is 178 Å². The lowest BCUT2D eigenvalue weighted by Crippen LogP contribution is -2.12. The maximum atomic E-state index is 12.8. The van der Waals surface area contributed by atoms with Crippen LogP contribution in [0.15, 0.2) is 51.0 Å². The molecule has 0 bridgehead atoms. The predicted molar refractivity (Wildman–Crippen MR) is 120 cm³/mol. The Bertz CT molecular complexity index is 1370. The minimum Gasteiger partial charge on any atom is -0.497 e. The summed E-state index contributed by atoms with van der Waals surface area (Å²) in [6.07, 6.45) is 0. The first-order chi connectivity index (χ1) is 14.1. The third-order valence-corrected chi connectivity index (χ3v) is 7.36. The summed E-state index contributed by atoms with van der Waals surface area (Å²) in [4.78, 5) is 30.3. The number of aromatic nitrogens is 4. The zero-order valence-corrected chi connectivity index (χ0v) is 18.0. The number of ether oxygens (including phenoxy) is 1. The predicted octanol–water partition coefficient (Wildman–Crippen LogP) is 5.45. The second-order valence-corrected chi connectivity index (χ2v) is 9.58. The van der Waals surface area contributed by atoms with Crippen molar-refractivity contribution < 1.29 is 4.74 Å². The van der Waals surface area contributed by atoms with Crippen molar-refractivity contribution in [3.63, 3.8) is 0 Å². The molecule has 1 unspecified atom stereocenters. The van der Waals surface area contributed by atoms with Gasteiger partial charge in [0, 0.05) is 21.9 Å². The van der Waals surface area contributed by atoms with E-state index in [2.05, 4.69) is 15.0 Å². The lowest BCUT2D eigenvalue weighted by Gasteiger charge is -2.08. The van der Waals surface area contributed by atoms with Crippen LogP contribution in [0, 0.1) is 0 Å². The van der Waals surface area contributed by atoms with Gasteiger partial charge in [-0.3, -0.25) is 4.79 Å². The highest BCUT2D eigenvalue weighted by molar-refractivity contribution is 7.99. The van der Waals surface area contributed by atoms with Crippen LogP contribution in [0.3, 0.4) is 0 Å². The molecule has 4 heterocycles. The Balaban J connectivity index is 1.47. The number of nitrogens with one attached hydrogen (secondary N) is 2. The SMILES string of the molecule is COc1ccc2nc(SC(C)c3nc4scc(-c5cccs5)c4c(=O)[nH]3)[nH]c2c1. The molecule has 0 radical (unpaired) electrons. The first kappa shape index (κ1) is 18.4. The molecule has 5 aromatic rings. The van der Waals surface area contributed by atoms with Gasteiger partial charge in [-0.25, -0.2) is 9.97 Å². The number of fused-ring (bicyclic) bond motifs is 2. The van der Waals surface area contributed by atoms with E-state index in [1.165, 1.54) is 23.1 Å². The van der Waals surface area contributed by atoms with Gasteiger partial charge in [-0.2, -0.15) is 0 Å². The number of hydrogen-bond acceptors (Lipinski definition) is 7. The summed E-state index contributed by atoms with van der Waals surface area (Å²) in [7, 11) is 1.64. The average molecular weight is 441 g/mol. The van der Waals surface area contributed by atoms with Crippen molar-refractivity contribution in [2.45, 2.75) is 17.3 Å².